The second-order valence-electron chi connectivity index (χ2n) is 4.73. The van der Waals surface area contributed by atoms with Gasteiger partial charge in [-0.05, 0) is 31.1 Å². The molecule has 5 heteroatoms. The van der Waals surface area contributed by atoms with E-state index in [1.807, 2.05) is 11.8 Å². The van der Waals surface area contributed by atoms with Gasteiger partial charge in [-0.25, -0.2) is 0 Å². The largest absolute Gasteiger partial charge is 0.386 e. The van der Waals surface area contributed by atoms with E-state index < -0.39 is 0 Å². The van der Waals surface area contributed by atoms with E-state index in [-0.39, 0.29) is 5.91 Å². The summed E-state index contributed by atoms with van der Waals surface area (Å²) in [6.45, 7) is 2.19. The Morgan fingerprint density at radius 3 is 3.11 bits per heavy atom. The summed E-state index contributed by atoms with van der Waals surface area (Å²) >= 11 is 2.00. The number of amides is 1. The normalized spacial score (nSPS) is 22.2. The summed E-state index contributed by atoms with van der Waals surface area (Å²) in [6, 6.07) is 2.07. The zero-order chi connectivity index (χ0) is 13.7. The maximum absolute atomic E-state index is 12.3. The van der Waals surface area contributed by atoms with Gasteiger partial charge in [-0.15, -0.1) is 0 Å². The van der Waals surface area contributed by atoms with Gasteiger partial charge >= 0.3 is 0 Å². The third-order valence-corrected chi connectivity index (χ3v) is 4.69. The SMILES string of the molecule is CCSC1CCC(NC(=O)c2ccncc2NC)C1. The van der Waals surface area contributed by atoms with Crippen LogP contribution in [0.3, 0.4) is 0 Å². The number of nitrogens with zero attached hydrogens (tertiary/aromatic N) is 1. The van der Waals surface area contributed by atoms with Gasteiger partial charge in [-0.3, -0.25) is 9.78 Å². The smallest absolute Gasteiger partial charge is 0.253 e. The van der Waals surface area contributed by atoms with Gasteiger partial charge in [-0.2, -0.15) is 11.8 Å². The van der Waals surface area contributed by atoms with Crippen molar-refractivity contribution in [3.8, 4) is 0 Å². The summed E-state index contributed by atoms with van der Waals surface area (Å²) in [5, 5.41) is 6.85. The molecule has 1 aromatic rings. The van der Waals surface area contributed by atoms with E-state index >= 15 is 0 Å². The predicted octanol–water partition coefficient (Wildman–Crippen LogP) is 2.53. The van der Waals surface area contributed by atoms with Crippen LogP contribution in [-0.2, 0) is 0 Å². The third kappa shape index (κ3) is 3.62. The molecule has 0 spiro atoms. The minimum Gasteiger partial charge on any atom is -0.386 e. The average molecular weight is 279 g/mol. The third-order valence-electron chi connectivity index (χ3n) is 3.46. The van der Waals surface area contributed by atoms with Gasteiger partial charge in [0.1, 0.15) is 0 Å². The number of pyridine rings is 1. The molecule has 0 bridgehead atoms. The lowest BCUT2D eigenvalue weighted by Crippen LogP contribution is -2.33. The minimum absolute atomic E-state index is 0.00102. The molecule has 19 heavy (non-hydrogen) atoms. The quantitative estimate of drug-likeness (QED) is 0.869. The number of carbonyl (C=O) groups excluding carboxylic acids is 1. The number of thioether (sulfide) groups is 1. The molecule has 0 radical (unpaired) electrons. The molecule has 0 saturated heterocycles. The zero-order valence-corrected chi connectivity index (χ0v) is 12.3. The van der Waals surface area contributed by atoms with Crippen molar-refractivity contribution in [2.45, 2.75) is 37.5 Å². The van der Waals surface area contributed by atoms with Gasteiger partial charge in [0, 0.05) is 24.5 Å². The van der Waals surface area contributed by atoms with Crippen LogP contribution in [0, 0.1) is 0 Å². The molecule has 1 aromatic heterocycles. The fourth-order valence-electron chi connectivity index (χ4n) is 2.51. The lowest BCUT2D eigenvalue weighted by Gasteiger charge is -2.14. The number of aromatic nitrogens is 1. The molecule has 0 aliphatic heterocycles. The van der Waals surface area contributed by atoms with Gasteiger partial charge in [0.25, 0.3) is 5.91 Å². The van der Waals surface area contributed by atoms with Crippen LogP contribution in [0.15, 0.2) is 18.5 Å². The Kier molecular flexibility index (Phi) is 5.07. The van der Waals surface area contributed by atoms with Gasteiger partial charge < -0.3 is 10.6 Å². The Hall–Kier alpha value is -1.23. The van der Waals surface area contributed by atoms with Gasteiger partial charge in [0.2, 0.25) is 0 Å². The highest BCUT2D eigenvalue weighted by Crippen LogP contribution is 2.30. The monoisotopic (exact) mass is 279 g/mol. The Bertz CT molecular complexity index is 438. The highest BCUT2D eigenvalue weighted by atomic mass is 32.2. The molecular weight excluding hydrogens is 258 g/mol. The van der Waals surface area contributed by atoms with Crippen molar-refractivity contribution in [1.82, 2.24) is 10.3 Å². The van der Waals surface area contributed by atoms with Crippen molar-refractivity contribution in [2.75, 3.05) is 18.1 Å². The summed E-state index contributed by atoms with van der Waals surface area (Å²) in [4.78, 5) is 16.3. The molecule has 1 saturated carbocycles. The predicted molar refractivity (Wildman–Crippen MR) is 80.8 cm³/mol. The van der Waals surface area contributed by atoms with Crippen LogP contribution in [0.25, 0.3) is 0 Å². The van der Waals surface area contributed by atoms with Crippen molar-refractivity contribution >= 4 is 23.4 Å². The van der Waals surface area contributed by atoms with Crippen LogP contribution in [0.1, 0.15) is 36.5 Å². The molecule has 1 amide bonds. The minimum atomic E-state index is -0.00102. The molecule has 1 aliphatic rings. The number of rotatable bonds is 5. The van der Waals surface area contributed by atoms with E-state index in [1.54, 1.807) is 25.5 Å². The first-order chi connectivity index (χ1) is 9.24. The first kappa shape index (κ1) is 14.2. The van der Waals surface area contributed by atoms with Crippen molar-refractivity contribution < 1.29 is 4.79 Å². The van der Waals surface area contributed by atoms with Crippen LogP contribution in [0.5, 0.6) is 0 Å². The molecular formula is C14H21N3OS. The number of hydrogen-bond acceptors (Lipinski definition) is 4. The molecule has 1 heterocycles. The average Bonchev–Trinajstić information content (AvgIpc) is 2.86. The Morgan fingerprint density at radius 1 is 1.53 bits per heavy atom. The van der Waals surface area contributed by atoms with Crippen LogP contribution < -0.4 is 10.6 Å². The van der Waals surface area contributed by atoms with Crippen LogP contribution in [-0.4, -0.2) is 35.0 Å². The fraction of sp³-hybridized carbons (Fsp3) is 0.571. The Morgan fingerprint density at radius 2 is 2.37 bits per heavy atom. The lowest BCUT2D eigenvalue weighted by atomic mass is 10.2. The molecule has 2 atom stereocenters. The summed E-state index contributed by atoms with van der Waals surface area (Å²) in [5.41, 5.74) is 1.45. The molecule has 1 aliphatic carbocycles. The van der Waals surface area contributed by atoms with Gasteiger partial charge in [0.15, 0.2) is 0 Å². The zero-order valence-electron chi connectivity index (χ0n) is 11.5. The van der Waals surface area contributed by atoms with Crippen molar-refractivity contribution in [2.24, 2.45) is 0 Å². The van der Waals surface area contributed by atoms with Crippen LogP contribution in [0.4, 0.5) is 5.69 Å². The van der Waals surface area contributed by atoms with Crippen LogP contribution >= 0.6 is 11.8 Å². The van der Waals surface area contributed by atoms with E-state index in [0.29, 0.717) is 16.9 Å². The Balaban J connectivity index is 1.94. The van der Waals surface area contributed by atoms with Crippen molar-refractivity contribution in [1.29, 1.82) is 0 Å². The first-order valence-corrected chi connectivity index (χ1v) is 7.83. The first-order valence-electron chi connectivity index (χ1n) is 6.78. The van der Waals surface area contributed by atoms with Crippen LogP contribution in [0.2, 0.25) is 0 Å². The lowest BCUT2D eigenvalue weighted by molar-refractivity contribution is 0.0938. The van der Waals surface area contributed by atoms with E-state index in [9.17, 15) is 4.79 Å². The van der Waals surface area contributed by atoms with Gasteiger partial charge in [0.05, 0.1) is 17.4 Å². The molecule has 4 nitrogen and oxygen atoms in total. The second-order valence-corrected chi connectivity index (χ2v) is 6.31. The number of anilines is 1. The van der Waals surface area contributed by atoms with E-state index in [4.69, 9.17) is 0 Å². The second kappa shape index (κ2) is 6.80. The van der Waals surface area contributed by atoms with E-state index in [1.165, 1.54) is 6.42 Å². The molecule has 2 N–H and O–H groups in total. The number of carbonyl (C=O) groups is 1. The molecule has 0 aromatic carbocycles. The topological polar surface area (TPSA) is 54.0 Å². The highest BCUT2D eigenvalue weighted by molar-refractivity contribution is 7.99. The molecule has 2 rings (SSSR count). The number of nitrogens with one attached hydrogen (secondary N) is 2. The summed E-state index contributed by atoms with van der Waals surface area (Å²) in [6.07, 6.45) is 6.71. The summed E-state index contributed by atoms with van der Waals surface area (Å²) < 4.78 is 0. The summed E-state index contributed by atoms with van der Waals surface area (Å²) in [5.74, 6) is 1.15. The molecule has 2 unspecified atom stereocenters. The van der Waals surface area contributed by atoms with E-state index in [0.717, 1.165) is 24.3 Å². The maximum atomic E-state index is 12.3. The standard InChI is InChI=1S/C14H21N3OS/c1-3-19-11-5-4-10(8-11)17-14(18)12-6-7-16-9-13(12)15-2/h6-7,9-11,15H,3-5,8H2,1-2H3,(H,17,18). The molecule has 104 valence electrons. The number of hydrogen-bond donors (Lipinski definition) is 2. The molecule has 1 fully saturated rings. The van der Waals surface area contributed by atoms with E-state index in [2.05, 4.69) is 22.5 Å². The van der Waals surface area contributed by atoms with Crippen molar-refractivity contribution in [3.05, 3.63) is 24.0 Å². The van der Waals surface area contributed by atoms with Crippen molar-refractivity contribution in [3.63, 3.8) is 0 Å². The fourth-order valence-corrected chi connectivity index (χ4v) is 3.66. The Labute approximate surface area is 118 Å². The van der Waals surface area contributed by atoms with Gasteiger partial charge in [-0.1, -0.05) is 6.92 Å². The summed E-state index contributed by atoms with van der Waals surface area (Å²) in [7, 11) is 1.80. The maximum Gasteiger partial charge on any atom is 0.253 e. The highest BCUT2D eigenvalue weighted by Gasteiger charge is 2.26.